The molecular weight excluding hydrogens is 416 g/mol. The lowest BCUT2D eigenvalue weighted by Gasteiger charge is -2.25. The van der Waals surface area contributed by atoms with Crippen LogP contribution in [0.25, 0.3) is 10.8 Å². The zero-order chi connectivity index (χ0) is 23.0. The maximum atomic E-state index is 13.1. The minimum Gasteiger partial charge on any atom is -0.341 e. The highest BCUT2D eigenvalue weighted by atomic mass is 16.2. The first-order chi connectivity index (χ1) is 16.1. The molecule has 2 fully saturated rings. The maximum absolute atomic E-state index is 13.1. The molecule has 2 amide bonds. The molecule has 2 aliphatic rings. The Bertz CT molecular complexity index is 1110. The van der Waals surface area contributed by atoms with Crippen LogP contribution in [0.5, 0.6) is 0 Å². The Labute approximate surface area is 193 Å². The quantitative estimate of drug-likeness (QED) is 0.339. The summed E-state index contributed by atoms with van der Waals surface area (Å²) in [7, 11) is 0. The average Bonchev–Trinajstić information content (AvgIpc) is 3.32. The van der Waals surface area contributed by atoms with E-state index in [0.29, 0.717) is 18.7 Å². The van der Waals surface area contributed by atoms with Gasteiger partial charge in [-0.15, -0.1) is 0 Å². The number of nitrogens with zero attached hydrogens (tertiary/aromatic N) is 5. The molecule has 0 radical (unpaired) electrons. The summed E-state index contributed by atoms with van der Waals surface area (Å²) in [4.78, 5) is 38.0. The molecule has 0 bridgehead atoms. The molecule has 1 unspecified atom stereocenters. The van der Waals surface area contributed by atoms with E-state index >= 15 is 0 Å². The predicted molar refractivity (Wildman–Crippen MR) is 128 cm³/mol. The predicted octanol–water partition coefficient (Wildman–Crippen LogP) is 3.22. The van der Waals surface area contributed by atoms with Crippen molar-refractivity contribution in [2.24, 2.45) is 15.9 Å². The van der Waals surface area contributed by atoms with Gasteiger partial charge in [-0.1, -0.05) is 36.8 Å². The molecule has 2 saturated heterocycles. The highest BCUT2D eigenvalue weighted by Gasteiger charge is 2.29. The van der Waals surface area contributed by atoms with E-state index in [9.17, 15) is 9.59 Å². The molecule has 2 aliphatic heterocycles. The van der Waals surface area contributed by atoms with Gasteiger partial charge in [0.25, 0.3) is 0 Å². The van der Waals surface area contributed by atoms with Crippen molar-refractivity contribution < 1.29 is 9.59 Å². The van der Waals surface area contributed by atoms with E-state index in [1.165, 1.54) is 0 Å². The molecular formula is C25H28N6O2. The molecule has 8 nitrogen and oxygen atoms in total. The first-order valence-corrected chi connectivity index (χ1v) is 11.5. The van der Waals surface area contributed by atoms with Gasteiger partial charge in [-0.25, -0.2) is 9.98 Å². The van der Waals surface area contributed by atoms with Crippen LogP contribution in [-0.2, 0) is 9.59 Å². The summed E-state index contributed by atoms with van der Waals surface area (Å²) < 4.78 is 0. The smallest absolute Gasteiger partial charge is 0.242 e. The fraction of sp³-hybridized carbons (Fsp3) is 0.400. The molecule has 1 N–H and O–H groups in total. The second kappa shape index (κ2) is 10.7. The number of rotatable bonds is 4. The van der Waals surface area contributed by atoms with E-state index in [0.717, 1.165) is 49.5 Å². The minimum absolute atomic E-state index is 0.0168. The second-order valence-corrected chi connectivity index (χ2v) is 8.43. The fourth-order valence-electron chi connectivity index (χ4n) is 4.33. The lowest BCUT2D eigenvalue weighted by Crippen LogP contribution is -2.44. The first-order valence-electron chi connectivity index (χ1n) is 11.5. The molecule has 4 rings (SSSR count). The van der Waals surface area contributed by atoms with Gasteiger partial charge in [0.2, 0.25) is 17.8 Å². The Balaban J connectivity index is 1.48. The number of aliphatic imine (C=N–C) groups is 2. The minimum atomic E-state index is -0.443. The van der Waals surface area contributed by atoms with Crippen LogP contribution in [0, 0.1) is 17.4 Å². The molecule has 2 aromatic carbocycles. The number of likely N-dealkylation sites (tertiary alicyclic amines) is 2. The monoisotopic (exact) mass is 444 g/mol. The van der Waals surface area contributed by atoms with E-state index in [2.05, 4.69) is 15.3 Å². The van der Waals surface area contributed by atoms with Crippen LogP contribution in [0.1, 0.15) is 32.1 Å². The van der Waals surface area contributed by atoms with Crippen molar-refractivity contribution >= 4 is 40.4 Å². The third-order valence-electron chi connectivity index (χ3n) is 6.12. The number of hydrogen-bond donors (Lipinski definition) is 1. The fourth-order valence-corrected chi connectivity index (χ4v) is 4.33. The van der Waals surface area contributed by atoms with E-state index in [4.69, 9.17) is 5.26 Å². The van der Waals surface area contributed by atoms with E-state index in [1.807, 2.05) is 53.6 Å². The van der Waals surface area contributed by atoms with Crippen LogP contribution in [0.15, 0.2) is 52.4 Å². The largest absolute Gasteiger partial charge is 0.341 e. The van der Waals surface area contributed by atoms with E-state index in [-0.39, 0.29) is 24.3 Å². The Hall–Kier alpha value is -3.73. The number of hydrogen-bond acceptors (Lipinski definition) is 4. The summed E-state index contributed by atoms with van der Waals surface area (Å²) in [5.41, 5.74) is 0.661. The van der Waals surface area contributed by atoms with Crippen molar-refractivity contribution in [2.45, 2.75) is 32.1 Å². The Kier molecular flexibility index (Phi) is 7.30. The number of fused-ring (bicyclic) bond motifs is 1. The third kappa shape index (κ3) is 5.75. The number of carbonyl (C=O) groups is 2. The van der Waals surface area contributed by atoms with Gasteiger partial charge in [0, 0.05) is 25.8 Å². The molecule has 2 heterocycles. The van der Waals surface area contributed by atoms with Crippen LogP contribution < -0.4 is 5.32 Å². The third-order valence-corrected chi connectivity index (χ3v) is 6.12. The number of benzene rings is 2. The Morgan fingerprint density at radius 2 is 1.85 bits per heavy atom. The van der Waals surface area contributed by atoms with Gasteiger partial charge >= 0.3 is 0 Å². The van der Waals surface area contributed by atoms with Crippen molar-refractivity contribution in [1.82, 2.24) is 15.1 Å². The SMILES string of the molecule is N#CNC(=Nc1ccc2ccccc2c1)/N=C\C1CCCCN(CC(=O)N2CCCC2)C1=O. The molecule has 2 aromatic rings. The molecule has 1 atom stereocenters. The second-order valence-electron chi connectivity index (χ2n) is 8.43. The van der Waals surface area contributed by atoms with Crippen LogP contribution in [0.4, 0.5) is 5.69 Å². The van der Waals surface area contributed by atoms with E-state index in [1.54, 1.807) is 11.1 Å². The van der Waals surface area contributed by atoms with Gasteiger partial charge < -0.3 is 9.80 Å². The van der Waals surface area contributed by atoms with Crippen molar-refractivity contribution in [2.75, 3.05) is 26.2 Å². The first kappa shape index (κ1) is 22.5. The summed E-state index contributed by atoms with van der Waals surface area (Å²) in [5.74, 6) is -0.389. The lowest BCUT2D eigenvalue weighted by molar-refractivity contribution is -0.140. The number of amides is 2. The van der Waals surface area contributed by atoms with Gasteiger partial charge in [-0.2, -0.15) is 5.26 Å². The molecule has 33 heavy (non-hydrogen) atoms. The van der Waals surface area contributed by atoms with Crippen molar-refractivity contribution in [1.29, 1.82) is 5.26 Å². The molecule has 8 heteroatoms. The van der Waals surface area contributed by atoms with Crippen LogP contribution in [-0.4, -0.2) is 60.0 Å². The maximum Gasteiger partial charge on any atom is 0.242 e. The number of nitriles is 1. The van der Waals surface area contributed by atoms with Crippen molar-refractivity contribution in [3.8, 4) is 6.19 Å². The van der Waals surface area contributed by atoms with Gasteiger partial charge in [0.1, 0.15) is 0 Å². The molecule has 0 spiro atoms. The molecule has 0 saturated carbocycles. The van der Waals surface area contributed by atoms with Crippen LogP contribution in [0.3, 0.4) is 0 Å². The number of nitrogens with one attached hydrogen (secondary N) is 1. The van der Waals surface area contributed by atoms with Gasteiger partial charge in [-0.3, -0.25) is 14.9 Å². The average molecular weight is 445 g/mol. The van der Waals surface area contributed by atoms with Gasteiger partial charge in [-0.05, 0) is 48.6 Å². The van der Waals surface area contributed by atoms with Gasteiger partial charge in [0.05, 0.1) is 18.2 Å². The summed E-state index contributed by atoms with van der Waals surface area (Å²) in [6.07, 6.45) is 7.87. The number of carbonyl (C=O) groups excluding carboxylic acids is 2. The molecule has 0 aliphatic carbocycles. The summed E-state index contributed by atoms with van der Waals surface area (Å²) in [5, 5.41) is 13.8. The summed E-state index contributed by atoms with van der Waals surface area (Å²) >= 11 is 0. The van der Waals surface area contributed by atoms with Gasteiger partial charge in [0.15, 0.2) is 6.19 Å². The number of guanidine groups is 1. The van der Waals surface area contributed by atoms with E-state index < -0.39 is 5.92 Å². The summed E-state index contributed by atoms with van der Waals surface area (Å²) in [6, 6.07) is 13.7. The zero-order valence-electron chi connectivity index (χ0n) is 18.6. The summed E-state index contributed by atoms with van der Waals surface area (Å²) in [6.45, 7) is 2.26. The zero-order valence-corrected chi connectivity index (χ0v) is 18.6. The normalized spacial score (nSPS) is 19.7. The molecule has 170 valence electrons. The molecule has 0 aromatic heterocycles. The van der Waals surface area contributed by atoms with Crippen molar-refractivity contribution in [3.05, 3.63) is 42.5 Å². The Morgan fingerprint density at radius 1 is 1.09 bits per heavy atom. The standard InChI is InChI=1S/C25H28N6O2/c26-18-28-25(29-22-11-10-19-7-1-2-8-20(19)15-22)27-16-21-9-3-4-14-31(24(21)33)17-23(32)30-12-5-6-13-30/h1-2,7-8,10-11,15-16,21H,3-6,9,12-14,17H2,(H,28,29)/b27-16-. The van der Waals surface area contributed by atoms with Crippen LogP contribution >= 0.6 is 0 Å². The lowest BCUT2D eigenvalue weighted by atomic mass is 10.0. The topological polar surface area (TPSA) is 101 Å². The van der Waals surface area contributed by atoms with Crippen LogP contribution in [0.2, 0.25) is 0 Å². The van der Waals surface area contributed by atoms with Crippen molar-refractivity contribution in [3.63, 3.8) is 0 Å². The highest BCUT2D eigenvalue weighted by Crippen LogP contribution is 2.21. The Morgan fingerprint density at radius 3 is 2.64 bits per heavy atom. The highest BCUT2D eigenvalue weighted by molar-refractivity contribution is 6.00.